The van der Waals surface area contributed by atoms with Crippen LogP contribution in [0.5, 0.6) is 11.5 Å². The van der Waals surface area contributed by atoms with Crippen molar-refractivity contribution in [3.63, 3.8) is 0 Å². The van der Waals surface area contributed by atoms with Gasteiger partial charge in [0, 0.05) is 30.4 Å². The lowest BCUT2D eigenvalue weighted by molar-refractivity contribution is 0.0692. The first kappa shape index (κ1) is 21.4. The summed E-state index contributed by atoms with van der Waals surface area (Å²) in [4.78, 5) is 26.8. The highest BCUT2D eigenvalue weighted by atomic mass is 16.5. The van der Waals surface area contributed by atoms with Gasteiger partial charge in [-0.1, -0.05) is 31.9 Å². The second-order valence-corrected chi connectivity index (χ2v) is 7.55. The van der Waals surface area contributed by atoms with Crippen LogP contribution in [-0.4, -0.2) is 41.7 Å². The van der Waals surface area contributed by atoms with E-state index in [1.807, 2.05) is 7.05 Å². The van der Waals surface area contributed by atoms with E-state index < -0.39 is 11.8 Å². The topological polar surface area (TPSA) is 87.1 Å². The molecule has 1 saturated carbocycles. The van der Waals surface area contributed by atoms with E-state index in [1.54, 1.807) is 24.3 Å². The Morgan fingerprint density at radius 1 is 1.10 bits per heavy atom. The molecule has 0 bridgehead atoms. The fourth-order valence-electron chi connectivity index (χ4n) is 3.90. The summed E-state index contributed by atoms with van der Waals surface area (Å²) in [6.45, 7) is 3.80. The van der Waals surface area contributed by atoms with E-state index in [1.165, 1.54) is 37.5 Å². The van der Waals surface area contributed by atoms with Gasteiger partial charge in [0.05, 0.1) is 11.1 Å². The van der Waals surface area contributed by atoms with E-state index in [0.717, 1.165) is 18.5 Å². The highest BCUT2D eigenvalue weighted by Gasteiger charge is 2.23. The molecule has 158 valence electrons. The molecule has 0 saturated heterocycles. The minimum Gasteiger partial charge on any atom is -0.507 e. The van der Waals surface area contributed by atoms with Crippen molar-refractivity contribution in [1.29, 1.82) is 0 Å². The molecule has 1 aliphatic carbocycles. The lowest BCUT2D eigenvalue weighted by atomic mass is 9.93. The number of aromatic hydroxyl groups is 1. The molecule has 1 fully saturated rings. The van der Waals surface area contributed by atoms with Crippen LogP contribution in [0.2, 0.25) is 0 Å². The number of anilines is 1. The molecular weight excluding hydrogens is 382 g/mol. The number of rotatable bonds is 8. The fraction of sp³-hybridized carbons (Fsp3) is 0.333. The number of carbonyl (C=O) groups is 2. The third-order valence-electron chi connectivity index (χ3n) is 5.59. The number of hydrogen-bond donors (Lipinski definition) is 2. The Balaban J connectivity index is 1.91. The van der Waals surface area contributed by atoms with Crippen LogP contribution in [0.1, 0.15) is 58.4 Å². The van der Waals surface area contributed by atoms with E-state index in [2.05, 4.69) is 11.5 Å². The Morgan fingerprint density at radius 2 is 1.80 bits per heavy atom. The van der Waals surface area contributed by atoms with Crippen LogP contribution < -0.4 is 9.64 Å². The summed E-state index contributed by atoms with van der Waals surface area (Å²) in [5.74, 6) is -1.60. The molecule has 2 aromatic carbocycles. The van der Waals surface area contributed by atoms with Crippen LogP contribution in [0.4, 0.5) is 5.69 Å². The Morgan fingerprint density at radius 3 is 2.43 bits per heavy atom. The van der Waals surface area contributed by atoms with E-state index in [4.69, 9.17) is 4.74 Å². The van der Waals surface area contributed by atoms with E-state index in [-0.39, 0.29) is 29.0 Å². The quantitative estimate of drug-likeness (QED) is 0.487. The third-order valence-corrected chi connectivity index (χ3v) is 5.59. The molecule has 1 aliphatic rings. The van der Waals surface area contributed by atoms with Crippen molar-refractivity contribution in [2.45, 2.75) is 38.1 Å². The molecule has 0 unspecified atom stereocenters. The molecule has 2 N–H and O–H groups in total. The summed E-state index contributed by atoms with van der Waals surface area (Å²) in [5.41, 5.74) is 0.707. The van der Waals surface area contributed by atoms with Crippen molar-refractivity contribution in [2.24, 2.45) is 0 Å². The predicted molar refractivity (Wildman–Crippen MR) is 116 cm³/mol. The van der Waals surface area contributed by atoms with Crippen molar-refractivity contribution < 1.29 is 24.5 Å². The van der Waals surface area contributed by atoms with E-state index in [9.17, 15) is 19.8 Å². The normalized spacial score (nSPS) is 14.2. The molecule has 3 rings (SSSR count). The summed E-state index contributed by atoms with van der Waals surface area (Å²) >= 11 is 0. The predicted octanol–water partition coefficient (Wildman–Crippen LogP) is 4.66. The number of hydrogen-bond acceptors (Lipinski definition) is 5. The molecule has 0 atom stereocenters. The standard InChI is InChI=1S/C24H27NO5/c1-3-13-30-18-10-12-19(24(28)29)21(15-18)23(27)20-11-9-17(14-22(20)26)25(2)16-7-5-4-6-8-16/h3,9-12,14-16,26H,1,4-8,13H2,2H3,(H,28,29). The van der Waals surface area contributed by atoms with Crippen LogP contribution in [0.15, 0.2) is 49.1 Å². The lowest BCUT2D eigenvalue weighted by Gasteiger charge is -2.33. The minimum atomic E-state index is -1.22. The number of carbonyl (C=O) groups excluding carboxylic acids is 1. The summed E-state index contributed by atoms with van der Waals surface area (Å²) < 4.78 is 5.43. The van der Waals surface area contributed by atoms with Crippen LogP contribution in [0.3, 0.4) is 0 Å². The molecule has 0 amide bonds. The first-order chi connectivity index (χ1) is 14.4. The van der Waals surface area contributed by atoms with Crippen LogP contribution in [0, 0.1) is 0 Å². The number of carboxylic acids is 1. The maximum atomic E-state index is 13.1. The average molecular weight is 409 g/mol. The maximum Gasteiger partial charge on any atom is 0.336 e. The summed E-state index contributed by atoms with van der Waals surface area (Å²) in [6, 6.07) is 9.53. The Hall–Kier alpha value is -3.28. The second kappa shape index (κ2) is 9.48. The second-order valence-electron chi connectivity index (χ2n) is 7.55. The van der Waals surface area contributed by atoms with Crippen molar-refractivity contribution in [3.8, 4) is 11.5 Å². The van der Waals surface area contributed by atoms with Crippen molar-refractivity contribution >= 4 is 17.4 Å². The molecule has 0 radical (unpaired) electrons. The monoisotopic (exact) mass is 409 g/mol. The van der Waals surface area contributed by atoms with Gasteiger partial charge < -0.3 is 19.8 Å². The van der Waals surface area contributed by atoms with Crippen molar-refractivity contribution in [3.05, 3.63) is 65.7 Å². The van der Waals surface area contributed by atoms with Crippen molar-refractivity contribution in [1.82, 2.24) is 0 Å². The van der Waals surface area contributed by atoms with Gasteiger partial charge >= 0.3 is 5.97 Å². The number of aromatic carboxylic acids is 1. The van der Waals surface area contributed by atoms with Gasteiger partial charge in [-0.25, -0.2) is 4.79 Å². The summed E-state index contributed by atoms with van der Waals surface area (Å²) in [5, 5.41) is 20.1. The number of phenols is 1. The van der Waals surface area contributed by atoms with Crippen molar-refractivity contribution in [2.75, 3.05) is 18.6 Å². The zero-order chi connectivity index (χ0) is 21.7. The first-order valence-electron chi connectivity index (χ1n) is 10.1. The maximum absolute atomic E-state index is 13.1. The highest BCUT2D eigenvalue weighted by Crippen LogP contribution is 2.31. The Bertz CT molecular complexity index is 947. The van der Waals surface area contributed by atoms with E-state index >= 15 is 0 Å². The van der Waals surface area contributed by atoms with Gasteiger partial charge in [-0.2, -0.15) is 0 Å². The van der Waals surface area contributed by atoms with Gasteiger partial charge in [0.1, 0.15) is 18.1 Å². The van der Waals surface area contributed by atoms with E-state index in [0.29, 0.717) is 11.8 Å². The molecule has 30 heavy (non-hydrogen) atoms. The minimum absolute atomic E-state index is 0.0345. The molecule has 2 aromatic rings. The molecule has 0 aliphatic heterocycles. The number of ketones is 1. The van der Waals surface area contributed by atoms with Crippen LogP contribution in [0.25, 0.3) is 0 Å². The zero-order valence-corrected chi connectivity index (χ0v) is 17.1. The largest absolute Gasteiger partial charge is 0.507 e. The molecule has 6 heteroatoms. The number of benzene rings is 2. The lowest BCUT2D eigenvalue weighted by Crippen LogP contribution is -2.33. The van der Waals surface area contributed by atoms with Gasteiger partial charge in [-0.05, 0) is 43.2 Å². The fourth-order valence-corrected chi connectivity index (χ4v) is 3.90. The molecular formula is C24H27NO5. The molecule has 6 nitrogen and oxygen atoms in total. The number of ether oxygens (including phenoxy) is 1. The third kappa shape index (κ3) is 4.64. The van der Waals surface area contributed by atoms with Gasteiger partial charge in [0.15, 0.2) is 5.78 Å². The number of nitrogens with zero attached hydrogens (tertiary/aromatic N) is 1. The molecule has 0 spiro atoms. The van der Waals surface area contributed by atoms with Crippen LogP contribution >= 0.6 is 0 Å². The van der Waals surface area contributed by atoms with Gasteiger partial charge in [0.25, 0.3) is 0 Å². The van der Waals surface area contributed by atoms with Gasteiger partial charge in [-0.15, -0.1) is 0 Å². The van der Waals surface area contributed by atoms with Gasteiger partial charge in [-0.3, -0.25) is 4.79 Å². The first-order valence-corrected chi connectivity index (χ1v) is 10.1. The Labute approximate surface area is 176 Å². The average Bonchev–Trinajstić information content (AvgIpc) is 2.77. The molecule has 0 heterocycles. The highest BCUT2D eigenvalue weighted by molar-refractivity contribution is 6.15. The van der Waals surface area contributed by atoms with Gasteiger partial charge in [0.2, 0.25) is 0 Å². The number of carboxylic acid groups (broad SMARTS) is 1. The van der Waals surface area contributed by atoms with Crippen LogP contribution in [-0.2, 0) is 0 Å². The number of phenolic OH excluding ortho intramolecular Hbond substituents is 1. The summed E-state index contributed by atoms with van der Waals surface area (Å²) in [6.07, 6.45) is 7.42. The Kier molecular flexibility index (Phi) is 6.77. The zero-order valence-electron chi connectivity index (χ0n) is 17.1. The SMILES string of the molecule is C=CCOc1ccc(C(=O)O)c(C(=O)c2ccc(N(C)C3CCCCC3)cc2O)c1. The summed E-state index contributed by atoms with van der Waals surface area (Å²) in [7, 11) is 2.00. The molecule has 0 aromatic heterocycles. The smallest absolute Gasteiger partial charge is 0.336 e.